The Hall–Kier alpha value is -3.00. The first kappa shape index (κ1) is 23.7. The maximum Gasteiger partial charge on any atom is 0.341 e. The summed E-state index contributed by atoms with van der Waals surface area (Å²) in [7, 11) is -4.39. The van der Waals surface area contributed by atoms with Crippen LogP contribution in [0.5, 0.6) is 5.88 Å². The minimum atomic E-state index is -4.39. The van der Waals surface area contributed by atoms with E-state index in [0.717, 1.165) is 5.56 Å². The number of fused-ring (bicyclic) bond motifs is 1. The fraction of sp³-hybridized carbons (Fsp3) is 0.375. The minimum Gasteiger partial charge on any atom is -0.477 e. The lowest BCUT2D eigenvalue weighted by atomic mass is 9.89. The van der Waals surface area contributed by atoms with E-state index in [2.05, 4.69) is 23.8 Å². The summed E-state index contributed by atoms with van der Waals surface area (Å²) in [6.07, 6.45) is 1.49. The summed E-state index contributed by atoms with van der Waals surface area (Å²) >= 11 is 0. The number of aromatic nitrogens is 2. The molecule has 0 bridgehead atoms. The number of carboxylic acid groups (broad SMARTS) is 1. The van der Waals surface area contributed by atoms with Crippen LogP contribution in [0.3, 0.4) is 0 Å². The average molecular weight is 457 g/mol. The largest absolute Gasteiger partial charge is 0.477 e. The van der Waals surface area contributed by atoms with Crippen LogP contribution in [-0.2, 0) is 10.1 Å². The molecule has 0 atom stereocenters. The van der Waals surface area contributed by atoms with Crippen LogP contribution in [0, 0.1) is 0 Å². The smallest absolute Gasteiger partial charge is 0.341 e. The second-order valence-electron chi connectivity index (χ2n) is 8.73. The zero-order valence-corrected chi connectivity index (χ0v) is 19.9. The molecule has 0 aliphatic heterocycles. The normalized spacial score (nSPS) is 12.2. The zero-order valence-electron chi connectivity index (χ0n) is 19.1. The molecule has 3 rings (SSSR count). The van der Waals surface area contributed by atoms with E-state index in [4.69, 9.17) is 4.18 Å². The summed E-state index contributed by atoms with van der Waals surface area (Å²) in [4.78, 5) is 20.1. The Balaban J connectivity index is 2.25. The summed E-state index contributed by atoms with van der Waals surface area (Å²) < 4.78 is 32.5. The van der Waals surface area contributed by atoms with Gasteiger partial charge in [-0.1, -0.05) is 53.7 Å². The zero-order chi connectivity index (χ0) is 23.8. The number of carbonyl (C=O) groups is 1. The quantitative estimate of drug-likeness (QED) is 0.470. The SMILES string of the molecule is CC(C)c1cc(C(C)C)c(S(=O)(=O)Oc2nc3ncccc3cc2C(=O)O)c(C(C)C)c1. The second kappa shape index (κ2) is 8.86. The third-order valence-corrected chi connectivity index (χ3v) is 6.65. The monoisotopic (exact) mass is 456 g/mol. The summed E-state index contributed by atoms with van der Waals surface area (Å²) in [6.45, 7) is 11.8. The number of nitrogens with zero attached hydrogens (tertiary/aromatic N) is 2. The van der Waals surface area contributed by atoms with Gasteiger partial charge in [0.25, 0.3) is 0 Å². The van der Waals surface area contributed by atoms with Crippen molar-refractivity contribution in [1.82, 2.24) is 9.97 Å². The Morgan fingerprint density at radius 2 is 1.56 bits per heavy atom. The maximum atomic E-state index is 13.6. The van der Waals surface area contributed by atoms with E-state index in [0.29, 0.717) is 16.5 Å². The molecule has 2 aromatic heterocycles. The van der Waals surface area contributed by atoms with Gasteiger partial charge in [0.1, 0.15) is 10.5 Å². The summed E-state index contributed by atoms with van der Waals surface area (Å²) in [5.41, 5.74) is 2.16. The molecule has 3 aromatic rings. The van der Waals surface area contributed by atoms with Crippen LogP contribution in [-0.4, -0.2) is 29.5 Å². The van der Waals surface area contributed by atoms with Crippen LogP contribution in [0.25, 0.3) is 11.0 Å². The average Bonchev–Trinajstić information content (AvgIpc) is 2.71. The van der Waals surface area contributed by atoms with E-state index < -0.39 is 22.0 Å². The van der Waals surface area contributed by atoms with Crippen molar-refractivity contribution < 1.29 is 22.5 Å². The predicted molar refractivity (Wildman–Crippen MR) is 123 cm³/mol. The van der Waals surface area contributed by atoms with Gasteiger partial charge in [-0.3, -0.25) is 0 Å². The minimum absolute atomic E-state index is 0.0751. The van der Waals surface area contributed by atoms with E-state index in [1.54, 1.807) is 12.1 Å². The maximum absolute atomic E-state index is 13.6. The van der Waals surface area contributed by atoms with Crippen molar-refractivity contribution in [2.75, 3.05) is 0 Å². The first-order valence-corrected chi connectivity index (χ1v) is 11.9. The molecule has 2 heterocycles. The number of pyridine rings is 2. The molecule has 0 unspecified atom stereocenters. The van der Waals surface area contributed by atoms with Crippen molar-refractivity contribution in [1.29, 1.82) is 0 Å². The molecule has 7 nitrogen and oxygen atoms in total. The highest BCUT2D eigenvalue weighted by Crippen LogP contribution is 2.36. The Labute approximate surface area is 188 Å². The van der Waals surface area contributed by atoms with Crippen LogP contribution < -0.4 is 4.18 Å². The molecule has 0 spiro atoms. The van der Waals surface area contributed by atoms with Crippen LogP contribution in [0.2, 0.25) is 0 Å². The van der Waals surface area contributed by atoms with Gasteiger partial charge in [0.15, 0.2) is 5.65 Å². The van der Waals surface area contributed by atoms with Gasteiger partial charge in [0, 0.05) is 11.6 Å². The fourth-order valence-electron chi connectivity index (χ4n) is 3.53. The Morgan fingerprint density at radius 3 is 2.06 bits per heavy atom. The lowest BCUT2D eigenvalue weighted by molar-refractivity contribution is 0.0694. The number of rotatable bonds is 7. The number of benzene rings is 1. The second-order valence-corrected chi connectivity index (χ2v) is 10.2. The van der Waals surface area contributed by atoms with Gasteiger partial charge in [-0.05, 0) is 52.6 Å². The predicted octanol–water partition coefficient (Wildman–Crippen LogP) is 5.47. The highest BCUT2D eigenvalue weighted by molar-refractivity contribution is 7.87. The highest BCUT2D eigenvalue weighted by Gasteiger charge is 2.31. The van der Waals surface area contributed by atoms with Gasteiger partial charge >= 0.3 is 16.1 Å². The highest BCUT2D eigenvalue weighted by atomic mass is 32.2. The van der Waals surface area contributed by atoms with Gasteiger partial charge in [-0.15, -0.1) is 0 Å². The molecule has 170 valence electrons. The number of aromatic carboxylic acids is 1. The van der Waals surface area contributed by atoms with Crippen molar-refractivity contribution in [3.63, 3.8) is 0 Å². The fourth-order valence-corrected chi connectivity index (χ4v) is 5.11. The number of hydrogen-bond acceptors (Lipinski definition) is 6. The molecule has 8 heteroatoms. The van der Waals surface area contributed by atoms with Gasteiger partial charge in [-0.25, -0.2) is 9.78 Å². The molecular weight excluding hydrogens is 428 g/mol. The molecule has 32 heavy (non-hydrogen) atoms. The molecule has 0 amide bonds. The van der Waals surface area contributed by atoms with E-state index in [-0.39, 0.29) is 33.9 Å². The van der Waals surface area contributed by atoms with Crippen molar-refractivity contribution in [2.45, 2.75) is 64.2 Å². The first-order valence-electron chi connectivity index (χ1n) is 10.5. The first-order chi connectivity index (χ1) is 14.9. The lowest BCUT2D eigenvalue weighted by Gasteiger charge is -2.22. The van der Waals surface area contributed by atoms with Gasteiger partial charge < -0.3 is 9.29 Å². The Morgan fingerprint density at radius 1 is 0.969 bits per heavy atom. The molecular formula is C24H28N2O5S. The molecule has 0 fully saturated rings. The van der Waals surface area contributed by atoms with Crippen molar-refractivity contribution in [3.05, 3.63) is 58.8 Å². The van der Waals surface area contributed by atoms with Gasteiger partial charge in [0.05, 0.1) is 0 Å². The lowest BCUT2D eigenvalue weighted by Crippen LogP contribution is -2.19. The van der Waals surface area contributed by atoms with E-state index in [1.807, 2.05) is 39.8 Å². The van der Waals surface area contributed by atoms with Crippen LogP contribution in [0.15, 0.2) is 41.4 Å². The summed E-state index contributed by atoms with van der Waals surface area (Å²) in [5.74, 6) is -1.80. The third kappa shape index (κ3) is 4.60. The summed E-state index contributed by atoms with van der Waals surface area (Å²) in [6, 6.07) is 8.40. The van der Waals surface area contributed by atoms with Crippen LogP contribution in [0.1, 0.15) is 86.3 Å². The standard InChI is InChI=1S/C24H28N2O5S/c1-13(2)17-11-18(14(3)4)21(19(12-17)15(5)6)32(29,30)31-23-20(24(27)28)10-16-8-7-9-25-22(16)26-23/h7-15H,1-6H3,(H,27,28). The van der Waals surface area contributed by atoms with E-state index in [9.17, 15) is 18.3 Å². The molecule has 0 radical (unpaired) electrons. The third-order valence-electron chi connectivity index (χ3n) is 5.30. The molecule has 0 saturated carbocycles. The van der Waals surface area contributed by atoms with Crippen molar-refractivity contribution in [2.24, 2.45) is 0 Å². The van der Waals surface area contributed by atoms with E-state index >= 15 is 0 Å². The summed E-state index contributed by atoms with van der Waals surface area (Å²) in [5, 5.41) is 10.1. The van der Waals surface area contributed by atoms with Crippen LogP contribution >= 0.6 is 0 Å². The Kier molecular flexibility index (Phi) is 6.55. The number of hydrogen-bond donors (Lipinski definition) is 1. The molecule has 0 saturated heterocycles. The molecule has 1 N–H and O–H groups in total. The van der Waals surface area contributed by atoms with Gasteiger partial charge in [0.2, 0.25) is 5.88 Å². The Bertz CT molecular complexity index is 1250. The molecule has 0 aliphatic carbocycles. The van der Waals surface area contributed by atoms with Crippen LogP contribution in [0.4, 0.5) is 0 Å². The molecule has 0 aliphatic rings. The van der Waals surface area contributed by atoms with Crippen molar-refractivity contribution >= 4 is 27.1 Å². The topological polar surface area (TPSA) is 106 Å². The van der Waals surface area contributed by atoms with Gasteiger partial charge in [-0.2, -0.15) is 13.4 Å². The number of carboxylic acids is 1. The van der Waals surface area contributed by atoms with E-state index in [1.165, 1.54) is 12.3 Å². The van der Waals surface area contributed by atoms with Crippen molar-refractivity contribution in [3.8, 4) is 5.88 Å². The molecule has 1 aromatic carbocycles.